The van der Waals surface area contributed by atoms with Gasteiger partial charge in [-0.3, -0.25) is 0 Å². The first-order valence-corrected chi connectivity index (χ1v) is 3.04. The van der Waals surface area contributed by atoms with Gasteiger partial charge in [0, 0.05) is 20.8 Å². The van der Waals surface area contributed by atoms with E-state index in [-0.39, 0.29) is 0 Å². The normalized spacial score (nSPS) is 10.9. The molecule has 0 spiro atoms. The smallest absolute Gasteiger partial charge is 0.0643 e. The van der Waals surface area contributed by atoms with Crippen LogP contribution in [0, 0.1) is 0 Å². The zero-order chi connectivity index (χ0) is 6.95. The van der Waals surface area contributed by atoms with Crippen LogP contribution in [0.25, 0.3) is 0 Å². The lowest BCUT2D eigenvalue weighted by Gasteiger charge is -1.90. The van der Waals surface area contributed by atoms with Crippen LogP contribution in [0.4, 0.5) is 0 Å². The monoisotopic (exact) mass is 130 g/mol. The molecule has 0 heterocycles. The highest BCUT2D eigenvalue weighted by atomic mass is 16.5. The molecule has 0 radical (unpaired) electrons. The van der Waals surface area contributed by atoms with Crippen molar-refractivity contribution in [2.24, 2.45) is 0 Å². The van der Waals surface area contributed by atoms with Crippen molar-refractivity contribution in [3.8, 4) is 0 Å². The quantitative estimate of drug-likeness (QED) is 0.411. The fourth-order valence-corrected chi connectivity index (χ4v) is 0.468. The van der Waals surface area contributed by atoms with E-state index >= 15 is 0 Å². The standard InChI is InChI=1S/C7H14O2/c1-8-6-4-3-5-7-9-2/h3-4H,5-7H2,1-2H3. The second kappa shape index (κ2) is 7.66. The van der Waals surface area contributed by atoms with Crippen LogP contribution < -0.4 is 0 Å². The molecule has 0 bridgehead atoms. The minimum atomic E-state index is 0.698. The van der Waals surface area contributed by atoms with Gasteiger partial charge in [-0.1, -0.05) is 12.2 Å². The molecule has 0 aromatic heterocycles. The van der Waals surface area contributed by atoms with Crippen molar-refractivity contribution in [3.05, 3.63) is 12.2 Å². The lowest BCUT2D eigenvalue weighted by Crippen LogP contribution is -1.85. The van der Waals surface area contributed by atoms with Gasteiger partial charge in [-0.25, -0.2) is 0 Å². The minimum Gasteiger partial charge on any atom is -0.384 e. The summed E-state index contributed by atoms with van der Waals surface area (Å²) in [6.45, 7) is 1.49. The number of hydrogen-bond acceptors (Lipinski definition) is 2. The van der Waals surface area contributed by atoms with Gasteiger partial charge in [0.25, 0.3) is 0 Å². The van der Waals surface area contributed by atoms with Crippen molar-refractivity contribution in [1.82, 2.24) is 0 Å². The van der Waals surface area contributed by atoms with E-state index in [0.29, 0.717) is 6.61 Å². The lowest BCUT2D eigenvalue weighted by atomic mass is 10.4. The summed E-state index contributed by atoms with van der Waals surface area (Å²) < 4.78 is 9.62. The van der Waals surface area contributed by atoms with Gasteiger partial charge < -0.3 is 9.47 Å². The highest BCUT2D eigenvalue weighted by Gasteiger charge is 1.75. The van der Waals surface area contributed by atoms with Gasteiger partial charge in [-0.2, -0.15) is 0 Å². The second-order valence-electron chi connectivity index (χ2n) is 1.71. The van der Waals surface area contributed by atoms with Gasteiger partial charge >= 0.3 is 0 Å². The molecular formula is C7H14O2. The van der Waals surface area contributed by atoms with Crippen LogP contribution >= 0.6 is 0 Å². The Morgan fingerprint density at radius 2 is 1.89 bits per heavy atom. The Bertz CT molecular complexity index is 69.3. The van der Waals surface area contributed by atoms with Gasteiger partial charge in [0.1, 0.15) is 0 Å². The van der Waals surface area contributed by atoms with Crippen LogP contribution in [-0.4, -0.2) is 27.4 Å². The van der Waals surface area contributed by atoms with E-state index < -0.39 is 0 Å². The number of rotatable bonds is 5. The first-order valence-electron chi connectivity index (χ1n) is 3.04. The maximum Gasteiger partial charge on any atom is 0.0643 e. The van der Waals surface area contributed by atoms with Crippen LogP contribution in [0.1, 0.15) is 6.42 Å². The Morgan fingerprint density at radius 1 is 1.11 bits per heavy atom. The van der Waals surface area contributed by atoms with E-state index in [0.717, 1.165) is 13.0 Å². The molecule has 0 saturated carbocycles. The molecule has 0 aliphatic rings. The average molecular weight is 130 g/mol. The third-order valence-corrected chi connectivity index (χ3v) is 0.918. The van der Waals surface area contributed by atoms with Crippen LogP contribution in [0.15, 0.2) is 12.2 Å². The summed E-state index contributed by atoms with van der Waals surface area (Å²) in [7, 11) is 3.38. The molecular weight excluding hydrogens is 116 g/mol. The predicted molar refractivity (Wildman–Crippen MR) is 37.5 cm³/mol. The van der Waals surface area contributed by atoms with Crippen LogP contribution in [-0.2, 0) is 9.47 Å². The molecule has 0 rings (SSSR count). The maximum atomic E-state index is 4.83. The maximum absolute atomic E-state index is 4.83. The van der Waals surface area contributed by atoms with E-state index in [4.69, 9.17) is 9.47 Å². The molecule has 2 nitrogen and oxygen atoms in total. The molecule has 0 aromatic rings. The Kier molecular flexibility index (Phi) is 7.37. The van der Waals surface area contributed by atoms with Gasteiger partial charge in [-0.05, 0) is 6.42 Å². The molecule has 0 saturated heterocycles. The number of methoxy groups -OCH3 is 2. The zero-order valence-electron chi connectivity index (χ0n) is 6.09. The van der Waals surface area contributed by atoms with E-state index in [1.165, 1.54) is 0 Å². The Labute approximate surface area is 56.5 Å². The third-order valence-electron chi connectivity index (χ3n) is 0.918. The summed E-state index contributed by atoms with van der Waals surface area (Å²) in [5.41, 5.74) is 0. The molecule has 54 valence electrons. The van der Waals surface area contributed by atoms with E-state index in [2.05, 4.69) is 0 Å². The second-order valence-corrected chi connectivity index (χ2v) is 1.71. The Morgan fingerprint density at radius 3 is 2.44 bits per heavy atom. The molecule has 0 atom stereocenters. The summed E-state index contributed by atoms with van der Waals surface area (Å²) in [5, 5.41) is 0. The van der Waals surface area contributed by atoms with Crippen molar-refractivity contribution >= 4 is 0 Å². The molecule has 0 aliphatic heterocycles. The van der Waals surface area contributed by atoms with Crippen molar-refractivity contribution in [1.29, 1.82) is 0 Å². The summed E-state index contributed by atoms with van der Waals surface area (Å²) in [5.74, 6) is 0. The van der Waals surface area contributed by atoms with Crippen molar-refractivity contribution in [2.45, 2.75) is 6.42 Å². The van der Waals surface area contributed by atoms with Crippen LogP contribution in [0.2, 0.25) is 0 Å². The highest BCUT2D eigenvalue weighted by Crippen LogP contribution is 1.82. The highest BCUT2D eigenvalue weighted by molar-refractivity contribution is 4.80. The third kappa shape index (κ3) is 7.66. The summed E-state index contributed by atoms with van der Waals surface area (Å²) in [6, 6.07) is 0. The van der Waals surface area contributed by atoms with Gasteiger partial charge in [0.15, 0.2) is 0 Å². The molecule has 2 heteroatoms. The van der Waals surface area contributed by atoms with Crippen molar-refractivity contribution in [2.75, 3.05) is 27.4 Å². The molecule has 0 fully saturated rings. The van der Waals surface area contributed by atoms with Gasteiger partial charge in [0.2, 0.25) is 0 Å². The van der Waals surface area contributed by atoms with Gasteiger partial charge in [0.05, 0.1) is 6.61 Å². The summed E-state index contributed by atoms with van der Waals surface area (Å²) in [6.07, 6.45) is 5.01. The van der Waals surface area contributed by atoms with Crippen molar-refractivity contribution < 1.29 is 9.47 Å². The summed E-state index contributed by atoms with van der Waals surface area (Å²) >= 11 is 0. The molecule has 0 aliphatic carbocycles. The van der Waals surface area contributed by atoms with Gasteiger partial charge in [-0.15, -0.1) is 0 Å². The SMILES string of the molecule is COCC=CCCOC. The molecule has 0 aromatic carbocycles. The molecule has 9 heavy (non-hydrogen) atoms. The first kappa shape index (κ1) is 8.66. The molecule has 0 N–H and O–H groups in total. The predicted octanol–water partition coefficient (Wildman–Crippen LogP) is 1.23. The van der Waals surface area contributed by atoms with Crippen LogP contribution in [0.3, 0.4) is 0 Å². The lowest BCUT2D eigenvalue weighted by molar-refractivity contribution is 0.203. The Balaban J connectivity index is 2.86. The van der Waals surface area contributed by atoms with Crippen molar-refractivity contribution in [3.63, 3.8) is 0 Å². The largest absolute Gasteiger partial charge is 0.384 e. The number of ether oxygens (including phenoxy) is 2. The summed E-state index contributed by atoms with van der Waals surface area (Å²) in [4.78, 5) is 0. The first-order chi connectivity index (χ1) is 4.41. The van der Waals surface area contributed by atoms with E-state index in [9.17, 15) is 0 Å². The number of hydrogen-bond donors (Lipinski definition) is 0. The molecule has 0 unspecified atom stereocenters. The Hall–Kier alpha value is -0.340. The molecule has 0 amide bonds. The van der Waals surface area contributed by atoms with E-state index in [1.54, 1.807) is 14.2 Å². The topological polar surface area (TPSA) is 18.5 Å². The average Bonchev–Trinajstić information content (AvgIpc) is 1.89. The fraction of sp³-hybridized carbons (Fsp3) is 0.714. The fourth-order valence-electron chi connectivity index (χ4n) is 0.468. The van der Waals surface area contributed by atoms with Crippen LogP contribution in [0.5, 0.6) is 0 Å². The minimum absolute atomic E-state index is 0.698. The zero-order valence-corrected chi connectivity index (χ0v) is 6.09. The van der Waals surface area contributed by atoms with E-state index in [1.807, 2.05) is 12.2 Å².